The fourth-order valence-corrected chi connectivity index (χ4v) is 2.24. The van der Waals surface area contributed by atoms with Crippen LogP contribution in [0.1, 0.15) is 10.4 Å². The zero-order chi connectivity index (χ0) is 13.3. The number of nitrogens with two attached hydrogens (primary N) is 1. The molecule has 2 N–H and O–H groups in total. The fraction of sp³-hybridized carbons (Fsp3) is 0.167. The molecule has 0 saturated carbocycles. The third kappa shape index (κ3) is 1.88. The summed E-state index contributed by atoms with van der Waals surface area (Å²) in [4.78, 5) is 15.8. The van der Waals surface area contributed by atoms with Gasteiger partial charge >= 0.3 is 5.97 Å². The molecule has 0 fully saturated rings. The Hall–Kier alpha value is -1.82. The number of benzene rings is 1. The van der Waals surface area contributed by atoms with E-state index in [1.165, 1.54) is 13.3 Å². The number of carbonyl (C=O) groups excluding carboxylic acids is 1. The van der Waals surface area contributed by atoms with Gasteiger partial charge in [-0.1, -0.05) is 15.9 Å². The number of hydrogen-bond acceptors (Lipinski definition) is 5. The highest BCUT2D eigenvalue weighted by atomic mass is 79.9. The first-order valence-corrected chi connectivity index (χ1v) is 5.88. The first-order chi connectivity index (χ1) is 8.60. The van der Waals surface area contributed by atoms with Crippen molar-refractivity contribution < 1.29 is 14.3 Å². The van der Waals surface area contributed by atoms with Crippen LogP contribution in [0.25, 0.3) is 10.9 Å². The molecule has 0 atom stereocenters. The lowest BCUT2D eigenvalue weighted by atomic mass is 10.1. The highest BCUT2D eigenvalue weighted by molar-refractivity contribution is 9.10. The van der Waals surface area contributed by atoms with Crippen molar-refractivity contribution in [1.29, 1.82) is 0 Å². The smallest absolute Gasteiger partial charge is 0.341 e. The lowest BCUT2D eigenvalue weighted by molar-refractivity contribution is 0.0601. The minimum Gasteiger partial charge on any atom is -0.494 e. The summed E-state index contributed by atoms with van der Waals surface area (Å²) in [5.41, 5.74) is 7.14. The molecule has 0 unspecified atom stereocenters. The molecule has 0 aliphatic heterocycles. The maximum atomic E-state index is 11.6. The number of methoxy groups -OCH3 is 2. The predicted octanol–water partition coefficient (Wildman–Crippen LogP) is 2.37. The second-order valence-corrected chi connectivity index (χ2v) is 4.40. The van der Waals surface area contributed by atoms with E-state index in [2.05, 4.69) is 25.7 Å². The molecule has 1 aromatic carbocycles. The van der Waals surface area contributed by atoms with Crippen LogP contribution in [0.15, 0.2) is 22.8 Å². The SMILES string of the molecule is COC(=O)c1cnc2c(OC)ccc(Br)c2c1N. The summed E-state index contributed by atoms with van der Waals surface area (Å²) in [6.45, 7) is 0. The van der Waals surface area contributed by atoms with Gasteiger partial charge in [0.25, 0.3) is 0 Å². The van der Waals surface area contributed by atoms with Crippen molar-refractivity contribution >= 4 is 38.5 Å². The van der Waals surface area contributed by atoms with E-state index in [0.717, 1.165) is 4.47 Å². The number of pyridine rings is 1. The Morgan fingerprint density at radius 3 is 2.72 bits per heavy atom. The number of hydrogen-bond donors (Lipinski definition) is 1. The number of rotatable bonds is 2. The van der Waals surface area contributed by atoms with Crippen molar-refractivity contribution in [2.75, 3.05) is 20.0 Å². The van der Waals surface area contributed by atoms with Crippen molar-refractivity contribution in [2.45, 2.75) is 0 Å². The molecule has 0 saturated heterocycles. The Morgan fingerprint density at radius 2 is 2.11 bits per heavy atom. The van der Waals surface area contributed by atoms with Gasteiger partial charge in [-0.25, -0.2) is 4.79 Å². The van der Waals surface area contributed by atoms with Gasteiger partial charge in [-0.05, 0) is 12.1 Å². The van der Waals surface area contributed by atoms with Crippen LogP contribution in [0.2, 0.25) is 0 Å². The summed E-state index contributed by atoms with van der Waals surface area (Å²) in [7, 11) is 2.85. The summed E-state index contributed by atoms with van der Waals surface area (Å²) >= 11 is 3.39. The predicted molar refractivity (Wildman–Crippen MR) is 71.7 cm³/mol. The van der Waals surface area contributed by atoms with Crippen molar-refractivity contribution in [3.63, 3.8) is 0 Å². The van der Waals surface area contributed by atoms with E-state index in [4.69, 9.17) is 10.5 Å². The van der Waals surface area contributed by atoms with Gasteiger partial charge in [-0.15, -0.1) is 0 Å². The average Bonchev–Trinajstić information content (AvgIpc) is 2.38. The molecule has 1 heterocycles. The van der Waals surface area contributed by atoms with E-state index in [9.17, 15) is 4.79 Å². The van der Waals surface area contributed by atoms with E-state index in [0.29, 0.717) is 22.3 Å². The van der Waals surface area contributed by atoms with Crippen molar-refractivity contribution in [3.8, 4) is 5.75 Å². The molecule has 2 rings (SSSR count). The van der Waals surface area contributed by atoms with Gasteiger partial charge in [0.2, 0.25) is 0 Å². The van der Waals surface area contributed by atoms with E-state index in [-0.39, 0.29) is 5.56 Å². The summed E-state index contributed by atoms with van der Waals surface area (Å²) in [5.74, 6) is 0.0768. The van der Waals surface area contributed by atoms with Gasteiger partial charge in [0.1, 0.15) is 16.8 Å². The number of nitrogens with zero attached hydrogens (tertiary/aromatic N) is 1. The third-order valence-electron chi connectivity index (χ3n) is 2.60. The minimum absolute atomic E-state index is 0.235. The Labute approximate surface area is 112 Å². The maximum absolute atomic E-state index is 11.6. The van der Waals surface area contributed by atoms with Gasteiger partial charge in [-0.2, -0.15) is 0 Å². The Bertz CT molecular complexity index is 628. The zero-order valence-electron chi connectivity index (χ0n) is 9.86. The zero-order valence-corrected chi connectivity index (χ0v) is 11.4. The molecule has 94 valence electrons. The van der Waals surface area contributed by atoms with E-state index >= 15 is 0 Å². The molecular weight excluding hydrogens is 300 g/mol. The van der Waals surface area contributed by atoms with Gasteiger partial charge in [0, 0.05) is 16.1 Å². The molecule has 18 heavy (non-hydrogen) atoms. The second kappa shape index (κ2) is 4.81. The van der Waals surface area contributed by atoms with Crippen LogP contribution in [0.3, 0.4) is 0 Å². The van der Waals surface area contributed by atoms with Crippen LogP contribution in [0.4, 0.5) is 5.69 Å². The normalized spacial score (nSPS) is 10.4. The molecule has 0 aliphatic carbocycles. The van der Waals surface area contributed by atoms with Gasteiger partial charge < -0.3 is 15.2 Å². The van der Waals surface area contributed by atoms with E-state index in [1.54, 1.807) is 19.2 Å². The summed E-state index contributed by atoms with van der Waals surface area (Å²) in [6.07, 6.45) is 1.39. The molecule has 1 aromatic heterocycles. The summed E-state index contributed by atoms with van der Waals surface area (Å²) in [6, 6.07) is 3.57. The third-order valence-corrected chi connectivity index (χ3v) is 3.26. The molecule has 0 amide bonds. The maximum Gasteiger partial charge on any atom is 0.341 e. The summed E-state index contributed by atoms with van der Waals surface area (Å²) < 4.78 is 10.6. The van der Waals surface area contributed by atoms with Crippen LogP contribution in [-0.2, 0) is 4.74 Å². The van der Waals surface area contributed by atoms with Gasteiger partial charge in [-0.3, -0.25) is 4.98 Å². The van der Waals surface area contributed by atoms with Crippen molar-refractivity contribution in [3.05, 3.63) is 28.4 Å². The summed E-state index contributed by atoms with van der Waals surface area (Å²) in [5, 5.41) is 0.636. The molecule has 0 aliphatic rings. The Morgan fingerprint density at radius 1 is 1.39 bits per heavy atom. The number of fused-ring (bicyclic) bond motifs is 1. The molecule has 5 nitrogen and oxygen atoms in total. The lowest BCUT2D eigenvalue weighted by Gasteiger charge is -2.11. The monoisotopic (exact) mass is 310 g/mol. The van der Waals surface area contributed by atoms with Crippen LogP contribution in [-0.4, -0.2) is 25.2 Å². The highest BCUT2D eigenvalue weighted by Gasteiger charge is 2.17. The van der Waals surface area contributed by atoms with Crippen LogP contribution in [0, 0.1) is 0 Å². The number of nitrogen functional groups attached to an aromatic ring is 1. The Kier molecular flexibility index (Phi) is 3.38. The quantitative estimate of drug-likeness (QED) is 0.862. The highest BCUT2D eigenvalue weighted by Crippen LogP contribution is 2.35. The van der Waals surface area contributed by atoms with Crippen LogP contribution < -0.4 is 10.5 Å². The van der Waals surface area contributed by atoms with Gasteiger partial charge in [0.05, 0.1) is 19.9 Å². The molecule has 0 spiro atoms. The van der Waals surface area contributed by atoms with Crippen molar-refractivity contribution in [1.82, 2.24) is 4.98 Å². The van der Waals surface area contributed by atoms with E-state index in [1.807, 2.05) is 0 Å². The van der Waals surface area contributed by atoms with Crippen LogP contribution >= 0.6 is 15.9 Å². The van der Waals surface area contributed by atoms with Gasteiger partial charge in [0.15, 0.2) is 0 Å². The number of esters is 1. The first kappa shape index (κ1) is 12.6. The molecule has 0 bridgehead atoms. The lowest BCUT2D eigenvalue weighted by Crippen LogP contribution is -2.07. The van der Waals surface area contributed by atoms with Crippen LogP contribution in [0.5, 0.6) is 5.75 Å². The largest absolute Gasteiger partial charge is 0.494 e. The van der Waals surface area contributed by atoms with E-state index < -0.39 is 5.97 Å². The number of halogens is 1. The number of carbonyl (C=O) groups is 1. The molecule has 2 aromatic rings. The fourth-order valence-electron chi connectivity index (χ4n) is 1.70. The number of aromatic nitrogens is 1. The number of anilines is 1. The standard InChI is InChI=1S/C12H11BrN2O3/c1-17-8-4-3-7(13)9-10(14)6(12(16)18-2)5-15-11(8)9/h3-5H,1-2H3,(H2,14,15). The van der Waals surface area contributed by atoms with Crippen molar-refractivity contribution in [2.24, 2.45) is 0 Å². The molecule has 0 radical (unpaired) electrons. The molecular formula is C12H11BrN2O3. The molecule has 6 heteroatoms. The minimum atomic E-state index is -0.517. The second-order valence-electron chi connectivity index (χ2n) is 3.55. The first-order valence-electron chi connectivity index (χ1n) is 5.09. The Balaban J connectivity index is 2.82. The average molecular weight is 311 g/mol. The topological polar surface area (TPSA) is 74.4 Å². The number of ether oxygens (including phenoxy) is 2.